The second-order valence-corrected chi connectivity index (χ2v) is 9.91. The Morgan fingerprint density at radius 1 is 1.00 bits per heavy atom. The van der Waals surface area contributed by atoms with Crippen molar-refractivity contribution in [1.82, 2.24) is 9.21 Å². The number of benzene rings is 2. The lowest BCUT2D eigenvalue weighted by atomic mass is 10.1. The van der Waals surface area contributed by atoms with E-state index in [1.807, 2.05) is 26.0 Å². The van der Waals surface area contributed by atoms with Crippen molar-refractivity contribution < 1.29 is 22.7 Å². The van der Waals surface area contributed by atoms with Crippen LogP contribution in [0, 0.1) is 6.92 Å². The van der Waals surface area contributed by atoms with Crippen molar-refractivity contribution in [3.8, 4) is 5.75 Å². The van der Waals surface area contributed by atoms with Crippen molar-refractivity contribution in [3.63, 3.8) is 0 Å². The fourth-order valence-electron chi connectivity index (χ4n) is 3.60. The van der Waals surface area contributed by atoms with E-state index in [1.165, 1.54) is 4.31 Å². The fourth-order valence-corrected chi connectivity index (χ4v) is 5.04. The number of hydrogen-bond donors (Lipinski definition) is 1. The van der Waals surface area contributed by atoms with Crippen molar-refractivity contribution in [1.29, 1.82) is 0 Å². The van der Waals surface area contributed by atoms with Gasteiger partial charge in [0.15, 0.2) is 0 Å². The van der Waals surface area contributed by atoms with E-state index in [0.717, 1.165) is 17.7 Å². The Morgan fingerprint density at radius 3 is 2.33 bits per heavy atom. The average Bonchev–Trinajstić information content (AvgIpc) is 2.83. The zero-order valence-electron chi connectivity index (χ0n) is 19.1. The number of anilines is 1. The summed E-state index contributed by atoms with van der Waals surface area (Å²) in [5.41, 5.74) is 1.58. The summed E-state index contributed by atoms with van der Waals surface area (Å²) < 4.78 is 32.4. The molecule has 0 radical (unpaired) electrons. The van der Waals surface area contributed by atoms with E-state index in [9.17, 15) is 18.0 Å². The van der Waals surface area contributed by atoms with Gasteiger partial charge >= 0.3 is 0 Å². The third kappa shape index (κ3) is 6.55. The van der Waals surface area contributed by atoms with Crippen LogP contribution in [-0.2, 0) is 19.6 Å². The first-order valence-corrected chi connectivity index (χ1v) is 12.6. The van der Waals surface area contributed by atoms with Gasteiger partial charge in [-0.25, -0.2) is 8.42 Å². The monoisotopic (exact) mass is 473 g/mol. The first-order valence-electron chi connectivity index (χ1n) is 11.2. The van der Waals surface area contributed by atoms with Crippen molar-refractivity contribution >= 4 is 27.5 Å². The predicted molar refractivity (Wildman–Crippen MR) is 127 cm³/mol. The molecule has 0 unspecified atom stereocenters. The van der Waals surface area contributed by atoms with E-state index in [0.29, 0.717) is 25.4 Å². The van der Waals surface area contributed by atoms with Gasteiger partial charge in [-0.1, -0.05) is 25.1 Å². The van der Waals surface area contributed by atoms with E-state index in [-0.39, 0.29) is 42.6 Å². The molecule has 178 valence electrons. The summed E-state index contributed by atoms with van der Waals surface area (Å²) in [4.78, 5) is 26.8. The predicted octanol–water partition coefficient (Wildman–Crippen LogP) is 3.04. The first kappa shape index (κ1) is 24.7. The van der Waals surface area contributed by atoms with Crippen LogP contribution in [0.4, 0.5) is 5.69 Å². The Labute approximate surface area is 195 Å². The first-order chi connectivity index (χ1) is 15.8. The third-order valence-electron chi connectivity index (χ3n) is 5.48. The molecule has 0 bridgehead atoms. The second kappa shape index (κ2) is 11.3. The Morgan fingerprint density at radius 2 is 1.70 bits per heavy atom. The molecule has 0 aliphatic carbocycles. The van der Waals surface area contributed by atoms with Gasteiger partial charge in [0.25, 0.3) is 0 Å². The molecule has 0 aromatic heterocycles. The molecular weight excluding hydrogens is 442 g/mol. The van der Waals surface area contributed by atoms with Gasteiger partial charge in [-0.3, -0.25) is 9.59 Å². The number of nitrogens with zero attached hydrogens (tertiary/aromatic N) is 2. The molecule has 3 rings (SSSR count). The highest BCUT2D eigenvalue weighted by Crippen LogP contribution is 2.22. The van der Waals surface area contributed by atoms with E-state index in [4.69, 9.17) is 4.74 Å². The van der Waals surface area contributed by atoms with Gasteiger partial charge in [0.05, 0.1) is 11.5 Å². The minimum atomic E-state index is -3.56. The van der Waals surface area contributed by atoms with Crippen LogP contribution in [0.15, 0.2) is 53.4 Å². The number of piperazine rings is 1. The molecule has 8 nitrogen and oxygen atoms in total. The van der Waals surface area contributed by atoms with Crippen LogP contribution in [0.3, 0.4) is 0 Å². The quantitative estimate of drug-likeness (QED) is 0.604. The van der Waals surface area contributed by atoms with Crippen LogP contribution < -0.4 is 10.1 Å². The molecule has 1 aliphatic rings. The van der Waals surface area contributed by atoms with Crippen molar-refractivity contribution in [3.05, 3.63) is 54.1 Å². The summed E-state index contributed by atoms with van der Waals surface area (Å²) in [7, 11) is -3.56. The highest BCUT2D eigenvalue weighted by atomic mass is 32.2. The molecule has 1 N–H and O–H groups in total. The maximum Gasteiger partial charge on any atom is 0.243 e. The van der Waals surface area contributed by atoms with Crippen molar-refractivity contribution in [2.45, 2.75) is 38.0 Å². The number of amides is 2. The summed E-state index contributed by atoms with van der Waals surface area (Å²) in [5, 5.41) is 2.84. The highest BCUT2D eigenvalue weighted by Gasteiger charge is 2.30. The maximum absolute atomic E-state index is 12.7. The molecule has 9 heteroatoms. The molecule has 1 fully saturated rings. The molecule has 2 aromatic carbocycles. The largest absolute Gasteiger partial charge is 0.494 e. The number of ether oxygens (including phenoxy) is 1. The number of aryl methyl sites for hydroxylation is 1. The lowest BCUT2D eigenvalue weighted by Gasteiger charge is -2.34. The number of sulfonamides is 1. The molecule has 1 heterocycles. The molecule has 2 amide bonds. The van der Waals surface area contributed by atoms with Crippen LogP contribution in [0.2, 0.25) is 0 Å². The van der Waals surface area contributed by atoms with E-state index in [1.54, 1.807) is 41.3 Å². The van der Waals surface area contributed by atoms with Crippen LogP contribution >= 0.6 is 0 Å². The molecule has 1 saturated heterocycles. The van der Waals surface area contributed by atoms with Gasteiger partial charge in [-0.05, 0) is 49.2 Å². The summed E-state index contributed by atoms with van der Waals surface area (Å²) in [5.74, 6) is 0.372. The molecule has 2 aromatic rings. The highest BCUT2D eigenvalue weighted by molar-refractivity contribution is 7.89. The minimum Gasteiger partial charge on any atom is -0.494 e. The Hall–Kier alpha value is -2.91. The third-order valence-corrected chi connectivity index (χ3v) is 7.40. The molecule has 0 saturated carbocycles. The lowest BCUT2D eigenvalue weighted by molar-refractivity contribution is -0.133. The Balaban J connectivity index is 1.45. The summed E-state index contributed by atoms with van der Waals surface area (Å²) in [6.45, 7) is 5.66. The van der Waals surface area contributed by atoms with E-state index >= 15 is 0 Å². The summed E-state index contributed by atoms with van der Waals surface area (Å²) >= 11 is 0. The zero-order chi connectivity index (χ0) is 23.8. The van der Waals surface area contributed by atoms with Crippen LogP contribution in [0.1, 0.15) is 31.7 Å². The number of carbonyl (C=O) groups excluding carboxylic acids is 2. The van der Waals surface area contributed by atoms with Crippen LogP contribution in [0.5, 0.6) is 5.75 Å². The van der Waals surface area contributed by atoms with Gasteiger partial charge < -0.3 is 15.0 Å². The second-order valence-electron chi connectivity index (χ2n) is 7.97. The van der Waals surface area contributed by atoms with E-state index in [2.05, 4.69) is 5.32 Å². The number of nitrogens with one attached hydrogen (secondary N) is 1. The zero-order valence-corrected chi connectivity index (χ0v) is 19.9. The molecule has 0 atom stereocenters. The van der Waals surface area contributed by atoms with Gasteiger partial charge in [-0.2, -0.15) is 4.31 Å². The van der Waals surface area contributed by atoms with Gasteiger partial charge in [0.2, 0.25) is 21.8 Å². The summed E-state index contributed by atoms with van der Waals surface area (Å²) in [6, 6.07) is 13.8. The molecule has 0 spiro atoms. The van der Waals surface area contributed by atoms with E-state index < -0.39 is 10.0 Å². The van der Waals surface area contributed by atoms with Crippen LogP contribution in [0.25, 0.3) is 0 Å². The smallest absolute Gasteiger partial charge is 0.243 e. The van der Waals surface area contributed by atoms with Gasteiger partial charge in [0.1, 0.15) is 5.75 Å². The number of hydrogen-bond acceptors (Lipinski definition) is 5. The fraction of sp³-hybridized carbons (Fsp3) is 0.417. The summed E-state index contributed by atoms with van der Waals surface area (Å²) in [6.07, 6.45) is 1.06. The van der Waals surface area contributed by atoms with Gasteiger partial charge in [0, 0.05) is 44.7 Å². The maximum atomic E-state index is 12.7. The van der Waals surface area contributed by atoms with Crippen LogP contribution in [-0.4, -0.2) is 62.2 Å². The van der Waals surface area contributed by atoms with Gasteiger partial charge in [-0.15, -0.1) is 0 Å². The Bertz CT molecular complexity index is 1060. The number of carbonyl (C=O) groups is 2. The topological polar surface area (TPSA) is 96.0 Å². The Kier molecular flexibility index (Phi) is 8.46. The lowest BCUT2D eigenvalue weighted by Crippen LogP contribution is -2.50. The molecule has 33 heavy (non-hydrogen) atoms. The molecule has 1 aliphatic heterocycles. The molecular formula is C24H31N3O5S. The number of rotatable bonds is 9. The van der Waals surface area contributed by atoms with Crippen molar-refractivity contribution in [2.75, 3.05) is 38.1 Å². The average molecular weight is 474 g/mol. The standard InChI is InChI=1S/C24H31N3O5S/c1-3-17-32-20-9-10-22(19(2)18-20)25-23(28)11-12-24(29)26-13-15-27(16-14-26)33(30,31)21-7-5-4-6-8-21/h4-10,18H,3,11-17H2,1-2H3,(H,25,28). The minimum absolute atomic E-state index is 0.0644. The SMILES string of the molecule is CCCOc1ccc(NC(=O)CCC(=O)N2CCN(S(=O)(=O)c3ccccc3)CC2)c(C)c1. The normalized spacial score (nSPS) is 14.7. The van der Waals surface area contributed by atoms with Crippen molar-refractivity contribution in [2.24, 2.45) is 0 Å².